The first-order valence-corrected chi connectivity index (χ1v) is 6.24. The van der Waals surface area contributed by atoms with Gasteiger partial charge in [0.25, 0.3) is 0 Å². The quantitative estimate of drug-likeness (QED) is 0.749. The van der Waals surface area contributed by atoms with E-state index < -0.39 is 0 Å². The maximum Gasteiger partial charge on any atom is 0.144 e. The maximum atomic E-state index is 5.65. The number of hydrogen-bond acceptors (Lipinski definition) is 3. The molecular formula is C13H23N3. The van der Waals surface area contributed by atoms with Gasteiger partial charge in [0.1, 0.15) is 5.82 Å². The zero-order valence-electron chi connectivity index (χ0n) is 10.7. The van der Waals surface area contributed by atoms with Gasteiger partial charge in [-0.1, -0.05) is 39.5 Å². The van der Waals surface area contributed by atoms with E-state index in [0.29, 0.717) is 11.7 Å². The van der Waals surface area contributed by atoms with Gasteiger partial charge in [-0.2, -0.15) is 0 Å². The molecule has 0 saturated carbocycles. The number of anilines is 1. The molecular weight excluding hydrogens is 198 g/mol. The van der Waals surface area contributed by atoms with Crippen LogP contribution in [0.15, 0.2) is 6.20 Å². The zero-order chi connectivity index (χ0) is 12.0. The van der Waals surface area contributed by atoms with Crippen molar-refractivity contribution in [2.24, 2.45) is 0 Å². The van der Waals surface area contributed by atoms with Crippen molar-refractivity contribution in [2.45, 2.75) is 58.8 Å². The average Bonchev–Trinajstić information content (AvgIpc) is 2.28. The lowest BCUT2D eigenvalue weighted by Crippen LogP contribution is -2.03. The van der Waals surface area contributed by atoms with Gasteiger partial charge in [-0.05, 0) is 19.3 Å². The fourth-order valence-corrected chi connectivity index (χ4v) is 1.77. The lowest BCUT2D eigenvalue weighted by atomic mass is 10.00. The van der Waals surface area contributed by atoms with Gasteiger partial charge >= 0.3 is 0 Å². The number of hydrogen-bond donors (Lipinski definition) is 1. The van der Waals surface area contributed by atoms with Gasteiger partial charge in [0, 0.05) is 0 Å². The normalized spacial score (nSPS) is 12.7. The molecule has 0 aliphatic heterocycles. The summed E-state index contributed by atoms with van der Waals surface area (Å²) in [6, 6.07) is 0. The molecule has 1 atom stereocenters. The van der Waals surface area contributed by atoms with Crippen LogP contribution in [0, 0.1) is 6.92 Å². The number of nitrogen functional groups attached to an aromatic ring is 1. The van der Waals surface area contributed by atoms with E-state index in [0.717, 1.165) is 11.4 Å². The monoisotopic (exact) mass is 221 g/mol. The highest BCUT2D eigenvalue weighted by molar-refractivity contribution is 5.33. The third-order valence-corrected chi connectivity index (χ3v) is 3.00. The van der Waals surface area contributed by atoms with E-state index in [4.69, 9.17) is 5.73 Å². The van der Waals surface area contributed by atoms with E-state index >= 15 is 0 Å². The van der Waals surface area contributed by atoms with Gasteiger partial charge in [-0.25, -0.2) is 4.98 Å². The Morgan fingerprint density at radius 1 is 1.31 bits per heavy atom. The van der Waals surface area contributed by atoms with Crippen LogP contribution < -0.4 is 5.73 Å². The highest BCUT2D eigenvalue weighted by Gasteiger charge is 2.08. The Bertz CT molecular complexity index is 323. The summed E-state index contributed by atoms with van der Waals surface area (Å²) in [4.78, 5) is 8.64. The molecule has 0 saturated heterocycles. The van der Waals surface area contributed by atoms with Crippen LogP contribution in [-0.2, 0) is 0 Å². The Hall–Kier alpha value is -1.12. The molecule has 1 rings (SSSR count). The van der Waals surface area contributed by atoms with E-state index in [1.807, 2.05) is 13.1 Å². The molecule has 1 heterocycles. The molecule has 0 aliphatic rings. The van der Waals surface area contributed by atoms with E-state index in [-0.39, 0.29) is 0 Å². The summed E-state index contributed by atoms with van der Waals surface area (Å²) in [5, 5.41) is 0. The fraction of sp³-hybridized carbons (Fsp3) is 0.692. The summed E-state index contributed by atoms with van der Waals surface area (Å²) in [6.07, 6.45) is 8.22. The molecule has 2 N–H and O–H groups in total. The molecule has 3 nitrogen and oxygen atoms in total. The molecule has 0 aromatic carbocycles. The van der Waals surface area contributed by atoms with Crippen molar-refractivity contribution < 1.29 is 0 Å². The van der Waals surface area contributed by atoms with Crippen LogP contribution in [0.5, 0.6) is 0 Å². The molecule has 1 aromatic heterocycles. The van der Waals surface area contributed by atoms with Crippen molar-refractivity contribution in [3.63, 3.8) is 0 Å². The van der Waals surface area contributed by atoms with Crippen LogP contribution in [0.1, 0.15) is 63.3 Å². The van der Waals surface area contributed by atoms with Crippen LogP contribution in [0.3, 0.4) is 0 Å². The van der Waals surface area contributed by atoms with E-state index in [2.05, 4.69) is 23.8 Å². The topological polar surface area (TPSA) is 51.8 Å². The summed E-state index contributed by atoms with van der Waals surface area (Å²) < 4.78 is 0. The SMILES string of the molecule is CCCCCCC(C)c1cnc(N)c(C)n1. The Morgan fingerprint density at radius 2 is 2.06 bits per heavy atom. The second-order valence-corrected chi connectivity index (χ2v) is 4.52. The van der Waals surface area contributed by atoms with Gasteiger partial charge in [0.2, 0.25) is 0 Å². The predicted molar refractivity (Wildman–Crippen MR) is 68.4 cm³/mol. The van der Waals surface area contributed by atoms with Crippen molar-refractivity contribution in [1.82, 2.24) is 9.97 Å². The molecule has 1 unspecified atom stereocenters. The Kier molecular flexibility index (Phi) is 5.23. The summed E-state index contributed by atoms with van der Waals surface area (Å²) in [5.74, 6) is 1.03. The van der Waals surface area contributed by atoms with Crippen LogP contribution in [-0.4, -0.2) is 9.97 Å². The zero-order valence-corrected chi connectivity index (χ0v) is 10.7. The van der Waals surface area contributed by atoms with Crippen molar-refractivity contribution >= 4 is 5.82 Å². The van der Waals surface area contributed by atoms with Gasteiger partial charge in [-0.15, -0.1) is 0 Å². The van der Waals surface area contributed by atoms with E-state index in [1.165, 1.54) is 32.1 Å². The van der Waals surface area contributed by atoms with Gasteiger partial charge in [0.05, 0.1) is 17.6 Å². The molecule has 0 spiro atoms. The molecule has 16 heavy (non-hydrogen) atoms. The minimum Gasteiger partial charge on any atom is -0.382 e. The smallest absolute Gasteiger partial charge is 0.144 e. The molecule has 0 amide bonds. The van der Waals surface area contributed by atoms with Crippen LogP contribution in [0.4, 0.5) is 5.82 Å². The largest absolute Gasteiger partial charge is 0.382 e. The summed E-state index contributed by atoms with van der Waals surface area (Å²) in [7, 11) is 0. The number of aromatic nitrogens is 2. The maximum absolute atomic E-state index is 5.65. The van der Waals surface area contributed by atoms with Crippen molar-refractivity contribution in [3.8, 4) is 0 Å². The summed E-state index contributed by atoms with van der Waals surface area (Å²) >= 11 is 0. The van der Waals surface area contributed by atoms with Gasteiger partial charge in [-0.3, -0.25) is 4.98 Å². The van der Waals surface area contributed by atoms with E-state index in [9.17, 15) is 0 Å². The lowest BCUT2D eigenvalue weighted by molar-refractivity contribution is 0.570. The van der Waals surface area contributed by atoms with E-state index in [1.54, 1.807) is 0 Å². The highest BCUT2D eigenvalue weighted by atomic mass is 14.9. The molecule has 1 aromatic rings. The number of rotatable bonds is 6. The molecule has 0 fully saturated rings. The van der Waals surface area contributed by atoms with Crippen LogP contribution >= 0.6 is 0 Å². The Balaban J connectivity index is 2.46. The average molecular weight is 221 g/mol. The summed E-state index contributed by atoms with van der Waals surface area (Å²) in [5.41, 5.74) is 7.57. The second kappa shape index (κ2) is 6.46. The second-order valence-electron chi connectivity index (χ2n) is 4.52. The number of nitrogens with zero attached hydrogens (tertiary/aromatic N) is 2. The molecule has 3 heteroatoms. The minimum atomic E-state index is 0.489. The van der Waals surface area contributed by atoms with Gasteiger partial charge < -0.3 is 5.73 Å². The van der Waals surface area contributed by atoms with Gasteiger partial charge in [0.15, 0.2) is 0 Å². The van der Waals surface area contributed by atoms with Crippen molar-refractivity contribution in [2.75, 3.05) is 5.73 Å². The Labute approximate surface area is 98.5 Å². The third kappa shape index (κ3) is 3.80. The third-order valence-electron chi connectivity index (χ3n) is 3.00. The predicted octanol–water partition coefficient (Wildman–Crippen LogP) is 3.44. The molecule has 90 valence electrons. The highest BCUT2D eigenvalue weighted by Crippen LogP contribution is 2.20. The summed E-state index contributed by atoms with van der Waals surface area (Å²) in [6.45, 7) is 6.36. The number of aryl methyl sites for hydroxylation is 1. The number of unbranched alkanes of at least 4 members (excludes halogenated alkanes) is 3. The van der Waals surface area contributed by atoms with Crippen LogP contribution in [0.2, 0.25) is 0 Å². The first-order valence-electron chi connectivity index (χ1n) is 6.24. The van der Waals surface area contributed by atoms with Crippen molar-refractivity contribution in [3.05, 3.63) is 17.6 Å². The fourth-order valence-electron chi connectivity index (χ4n) is 1.77. The standard InChI is InChI=1S/C13H23N3/c1-4-5-6-7-8-10(2)12-9-15-13(14)11(3)16-12/h9-10H,4-8H2,1-3H3,(H2,14,15). The Morgan fingerprint density at radius 3 is 2.69 bits per heavy atom. The first-order chi connectivity index (χ1) is 7.65. The van der Waals surface area contributed by atoms with Crippen LogP contribution in [0.25, 0.3) is 0 Å². The minimum absolute atomic E-state index is 0.489. The molecule has 0 radical (unpaired) electrons. The molecule has 0 aliphatic carbocycles. The molecule has 0 bridgehead atoms. The first kappa shape index (κ1) is 12.9. The lowest BCUT2D eigenvalue weighted by Gasteiger charge is -2.11. The van der Waals surface area contributed by atoms with Crippen molar-refractivity contribution in [1.29, 1.82) is 0 Å². The number of nitrogens with two attached hydrogens (primary N) is 1.